The van der Waals surface area contributed by atoms with E-state index in [9.17, 15) is 4.79 Å². The maximum absolute atomic E-state index is 11.4. The van der Waals surface area contributed by atoms with E-state index in [0.29, 0.717) is 6.42 Å². The standard InChI is InChI=1S/C12H22N2O/c1-3-4-5-11(15)14-10-12(2)6-8-13-9-7-12/h3,13H,1,4-10H2,2H3,(H,14,15). The summed E-state index contributed by atoms with van der Waals surface area (Å²) in [5.41, 5.74) is 0.287. The monoisotopic (exact) mass is 210 g/mol. The molecule has 3 heteroatoms. The van der Waals surface area contributed by atoms with Crippen LogP contribution >= 0.6 is 0 Å². The van der Waals surface area contributed by atoms with Crippen molar-refractivity contribution < 1.29 is 4.79 Å². The Morgan fingerprint density at radius 2 is 2.20 bits per heavy atom. The minimum absolute atomic E-state index is 0.148. The maximum Gasteiger partial charge on any atom is 0.220 e. The van der Waals surface area contributed by atoms with E-state index in [4.69, 9.17) is 0 Å². The zero-order valence-electron chi connectivity index (χ0n) is 9.64. The topological polar surface area (TPSA) is 41.1 Å². The first kappa shape index (κ1) is 12.2. The van der Waals surface area contributed by atoms with E-state index in [-0.39, 0.29) is 11.3 Å². The van der Waals surface area contributed by atoms with Crippen molar-refractivity contribution in [3.63, 3.8) is 0 Å². The Balaban J connectivity index is 2.22. The van der Waals surface area contributed by atoms with Crippen LogP contribution in [0.5, 0.6) is 0 Å². The van der Waals surface area contributed by atoms with Gasteiger partial charge in [-0.05, 0) is 37.8 Å². The van der Waals surface area contributed by atoms with Crippen LogP contribution < -0.4 is 10.6 Å². The molecule has 0 bridgehead atoms. The van der Waals surface area contributed by atoms with Gasteiger partial charge >= 0.3 is 0 Å². The number of allylic oxidation sites excluding steroid dienone is 1. The lowest BCUT2D eigenvalue weighted by Gasteiger charge is -2.34. The molecule has 1 aliphatic rings. The number of amides is 1. The van der Waals surface area contributed by atoms with E-state index in [2.05, 4.69) is 24.1 Å². The summed E-state index contributed by atoms with van der Waals surface area (Å²) in [4.78, 5) is 11.4. The molecule has 1 fully saturated rings. The average molecular weight is 210 g/mol. The third-order valence-electron chi connectivity index (χ3n) is 3.10. The van der Waals surface area contributed by atoms with Gasteiger partial charge in [0.1, 0.15) is 0 Å². The fraction of sp³-hybridized carbons (Fsp3) is 0.750. The number of hydrogen-bond donors (Lipinski definition) is 2. The summed E-state index contributed by atoms with van der Waals surface area (Å²) in [7, 11) is 0. The summed E-state index contributed by atoms with van der Waals surface area (Å²) in [6, 6.07) is 0. The molecule has 0 unspecified atom stereocenters. The second-order valence-corrected chi connectivity index (χ2v) is 4.66. The highest BCUT2D eigenvalue weighted by atomic mass is 16.1. The molecule has 0 radical (unpaired) electrons. The van der Waals surface area contributed by atoms with Crippen LogP contribution in [0.4, 0.5) is 0 Å². The summed E-state index contributed by atoms with van der Waals surface area (Å²) in [6.07, 6.45) is 5.41. The lowest BCUT2D eigenvalue weighted by atomic mass is 9.81. The van der Waals surface area contributed by atoms with E-state index in [0.717, 1.165) is 38.9 Å². The zero-order chi connectivity index (χ0) is 11.1. The molecule has 0 aromatic carbocycles. The Labute approximate surface area is 92.3 Å². The summed E-state index contributed by atoms with van der Waals surface area (Å²) in [6.45, 7) is 8.81. The first-order valence-corrected chi connectivity index (χ1v) is 5.75. The van der Waals surface area contributed by atoms with E-state index in [1.54, 1.807) is 6.08 Å². The Morgan fingerprint density at radius 1 is 1.53 bits per heavy atom. The first-order valence-electron chi connectivity index (χ1n) is 5.75. The molecule has 86 valence electrons. The second-order valence-electron chi connectivity index (χ2n) is 4.66. The Hall–Kier alpha value is -0.830. The molecule has 0 spiro atoms. The van der Waals surface area contributed by atoms with Gasteiger partial charge < -0.3 is 10.6 Å². The van der Waals surface area contributed by atoms with Crippen molar-refractivity contribution in [1.82, 2.24) is 10.6 Å². The molecule has 3 nitrogen and oxygen atoms in total. The highest BCUT2D eigenvalue weighted by Gasteiger charge is 2.26. The number of carbonyl (C=O) groups excluding carboxylic acids is 1. The van der Waals surface area contributed by atoms with Crippen molar-refractivity contribution in [2.24, 2.45) is 5.41 Å². The quantitative estimate of drug-likeness (QED) is 0.674. The molecule has 15 heavy (non-hydrogen) atoms. The van der Waals surface area contributed by atoms with Crippen molar-refractivity contribution in [3.8, 4) is 0 Å². The van der Waals surface area contributed by atoms with E-state index < -0.39 is 0 Å². The predicted octanol–water partition coefficient (Wildman–Crippen LogP) is 1.46. The normalized spacial score (nSPS) is 19.5. The molecule has 0 aromatic rings. The number of hydrogen-bond acceptors (Lipinski definition) is 2. The van der Waals surface area contributed by atoms with Gasteiger partial charge in [0.25, 0.3) is 0 Å². The van der Waals surface area contributed by atoms with Gasteiger partial charge in [-0.2, -0.15) is 0 Å². The Morgan fingerprint density at radius 3 is 2.80 bits per heavy atom. The molecule has 1 aliphatic heterocycles. The summed E-state index contributed by atoms with van der Waals surface area (Å²) >= 11 is 0. The zero-order valence-corrected chi connectivity index (χ0v) is 9.64. The van der Waals surface area contributed by atoms with E-state index >= 15 is 0 Å². The van der Waals surface area contributed by atoms with Crippen molar-refractivity contribution in [2.45, 2.75) is 32.6 Å². The molecule has 1 rings (SSSR count). The fourth-order valence-electron chi connectivity index (χ4n) is 1.84. The smallest absolute Gasteiger partial charge is 0.220 e. The molecule has 0 aromatic heterocycles. The van der Waals surface area contributed by atoms with Gasteiger partial charge in [-0.15, -0.1) is 6.58 Å². The fourth-order valence-corrected chi connectivity index (χ4v) is 1.84. The molecule has 1 saturated heterocycles. The van der Waals surface area contributed by atoms with Gasteiger partial charge in [0.05, 0.1) is 0 Å². The third kappa shape index (κ3) is 4.47. The molecule has 1 amide bonds. The van der Waals surface area contributed by atoms with E-state index in [1.165, 1.54) is 0 Å². The van der Waals surface area contributed by atoms with Crippen LogP contribution in [0, 0.1) is 5.41 Å². The van der Waals surface area contributed by atoms with Gasteiger partial charge in [-0.25, -0.2) is 0 Å². The van der Waals surface area contributed by atoms with Gasteiger partial charge in [0, 0.05) is 13.0 Å². The van der Waals surface area contributed by atoms with Crippen molar-refractivity contribution in [2.75, 3.05) is 19.6 Å². The van der Waals surface area contributed by atoms with Crippen LogP contribution in [-0.4, -0.2) is 25.5 Å². The summed E-state index contributed by atoms with van der Waals surface area (Å²) in [5.74, 6) is 0.148. The molecular formula is C12H22N2O. The van der Waals surface area contributed by atoms with Crippen LogP contribution in [-0.2, 0) is 4.79 Å². The van der Waals surface area contributed by atoms with Crippen LogP contribution in [0.2, 0.25) is 0 Å². The van der Waals surface area contributed by atoms with Crippen molar-refractivity contribution in [1.29, 1.82) is 0 Å². The number of carbonyl (C=O) groups is 1. The number of piperidine rings is 1. The second kappa shape index (κ2) is 5.91. The minimum atomic E-state index is 0.148. The van der Waals surface area contributed by atoms with Crippen molar-refractivity contribution in [3.05, 3.63) is 12.7 Å². The molecule has 0 saturated carbocycles. The van der Waals surface area contributed by atoms with Crippen LogP contribution in [0.1, 0.15) is 32.6 Å². The maximum atomic E-state index is 11.4. The van der Waals surface area contributed by atoms with Gasteiger partial charge in [0.2, 0.25) is 5.91 Å². The minimum Gasteiger partial charge on any atom is -0.356 e. The third-order valence-corrected chi connectivity index (χ3v) is 3.10. The van der Waals surface area contributed by atoms with E-state index in [1.807, 2.05) is 0 Å². The molecular weight excluding hydrogens is 188 g/mol. The Bertz CT molecular complexity index is 220. The average Bonchev–Trinajstić information content (AvgIpc) is 2.25. The predicted molar refractivity (Wildman–Crippen MR) is 62.7 cm³/mol. The van der Waals surface area contributed by atoms with Crippen LogP contribution in [0.15, 0.2) is 12.7 Å². The van der Waals surface area contributed by atoms with Gasteiger partial charge in [0.15, 0.2) is 0 Å². The highest BCUT2D eigenvalue weighted by Crippen LogP contribution is 2.26. The molecule has 2 N–H and O–H groups in total. The molecule has 1 heterocycles. The first-order chi connectivity index (χ1) is 7.16. The summed E-state index contributed by atoms with van der Waals surface area (Å²) < 4.78 is 0. The van der Waals surface area contributed by atoms with Gasteiger partial charge in [-0.1, -0.05) is 13.0 Å². The highest BCUT2D eigenvalue weighted by molar-refractivity contribution is 5.76. The largest absolute Gasteiger partial charge is 0.356 e. The summed E-state index contributed by atoms with van der Waals surface area (Å²) in [5, 5.41) is 6.35. The van der Waals surface area contributed by atoms with Crippen LogP contribution in [0.3, 0.4) is 0 Å². The lowest BCUT2D eigenvalue weighted by molar-refractivity contribution is -0.121. The number of nitrogens with one attached hydrogen (secondary N) is 2. The number of rotatable bonds is 5. The van der Waals surface area contributed by atoms with Crippen molar-refractivity contribution >= 4 is 5.91 Å². The molecule has 0 aliphatic carbocycles. The lowest BCUT2D eigenvalue weighted by Crippen LogP contribution is -2.42. The van der Waals surface area contributed by atoms with Gasteiger partial charge in [-0.3, -0.25) is 4.79 Å². The molecule has 0 atom stereocenters. The SMILES string of the molecule is C=CCCC(=O)NCC1(C)CCNCC1. The Kier molecular flexibility index (Phi) is 4.82. The van der Waals surface area contributed by atoms with Crippen LogP contribution in [0.25, 0.3) is 0 Å².